The van der Waals surface area contributed by atoms with Gasteiger partial charge in [0.2, 0.25) is 5.60 Å². The first-order chi connectivity index (χ1) is 39.7. The minimum absolute atomic E-state index is 0.0546. The second kappa shape index (κ2) is 7.84. The Morgan fingerprint density at radius 1 is 0.268 bits per heavy atom. The summed E-state index contributed by atoms with van der Waals surface area (Å²) < 4.78 is 16.7. The minimum atomic E-state index is -0.997. The van der Waals surface area contributed by atoms with Gasteiger partial charge in [-0.3, -0.25) is 0 Å². The van der Waals surface area contributed by atoms with Crippen molar-refractivity contribution >= 4 is 297 Å². The average Bonchev–Trinajstić information content (AvgIpc) is 1.39. The summed E-state index contributed by atoms with van der Waals surface area (Å²) >= 11 is 0. The summed E-state index contributed by atoms with van der Waals surface area (Å²) in [6, 6.07) is 4.93. The molecule has 29 aromatic carbocycles. The molecule has 4 aliphatic carbocycles. The number of nitrogens with zero attached hydrogens (tertiary/aromatic N) is 1. The highest BCUT2D eigenvalue weighted by molar-refractivity contribution is 6.82. The molecule has 362 valence electrons. The molecule has 29 aromatic rings. The fraction of sp³-hybridized carbons (Fsp3) is 0.177. The molecule has 0 unspecified atom stereocenters. The van der Waals surface area contributed by atoms with Crippen LogP contribution in [0.1, 0.15) is 101 Å². The van der Waals surface area contributed by atoms with Gasteiger partial charge in [-0.2, -0.15) is 4.99 Å². The van der Waals surface area contributed by atoms with Gasteiger partial charge in [-0.1, -0.05) is 74.4 Å². The lowest BCUT2D eigenvalue weighted by Crippen LogP contribution is -2.49. The van der Waals surface area contributed by atoms with Gasteiger partial charge in [0.05, 0.1) is 0 Å². The fourth-order valence-corrected chi connectivity index (χ4v) is 26.2. The van der Waals surface area contributed by atoms with Crippen molar-refractivity contribution in [2.75, 3.05) is 0 Å². The molecule has 82 heavy (non-hydrogen) atoms. The molecule has 34 rings (SSSR count). The van der Waals surface area contributed by atoms with Crippen molar-refractivity contribution in [3.05, 3.63) is 51.1 Å². The van der Waals surface area contributed by atoms with E-state index in [1.165, 1.54) is 82.0 Å². The molecule has 0 amide bonds. The second-order valence-corrected chi connectivity index (χ2v) is 32.4. The Kier molecular flexibility index (Phi) is 3.28. The average molecular weight is 1020 g/mol. The van der Waals surface area contributed by atoms with Crippen molar-refractivity contribution < 1.29 is 9.47 Å². The first-order valence-corrected chi connectivity index (χ1v) is 30.7. The van der Waals surface area contributed by atoms with Gasteiger partial charge in [-0.05, 0) is 313 Å². The predicted octanol–water partition coefficient (Wildman–Crippen LogP) is 21.6. The molecule has 5 aliphatic rings. The molecule has 0 saturated carbocycles. The number of hydrogen-bond donors (Lipinski definition) is 0. The third-order valence-corrected chi connectivity index (χ3v) is 27.4. The largest absolute Gasteiger partial charge is 0.430 e. The molecule has 0 fully saturated rings. The molecule has 3 nitrogen and oxygen atoms in total. The van der Waals surface area contributed by atoms with Crippen LogP contribution in [0.4, 0.5) is 0 Å². The SMILES string of the molecule is CC(C)(C)c1cc(C(C)(C)C)c(OC2=NC34c5c6c7c8c9c%10c(c%11c%12c3c3c5c5c%13c6c6c7c7c9c9c%14c%10c%10c%11c%11c%12c%12c3c3c5c5c%13c%13c6c6c7c9c7c9c%14c%10c%10c%11c%11c%12c3c3c5c5c%13c6c7c6c9c%10c%11c3c56)C84O2)c(C(C)(C)C)c1. The highest BCUT2D eigenvalue weighted by atomic mass is 16.7. The monoisotopic (exact) mass is 1020 g/mol. The van der Waals surface area contributed by atoms with Gasteiger partial charge in [0, 0.05) is 33.4 Å². The van der Waals surface area contributed by atoms with Crippen molar-refractivity contribution in [1.82, 2.24) is 0 Å². The molecule has 0 bridgehead atoms. The molecular weight excluding hydrogens is 995 g/mol. The van der Waals surface area contributed by atoms with E-state index >= 15 is 0 Å². The Balaban J connectivity index is 0.973. The van der Waals surface area contributed by atoms with Crippen molar-refractivity contribution in [1.29, 1.82) is 0 Å². The van der Waals surface area contributed by atoms with E-state index in [4.69, 9.17) is 14.5 Å². The van der Waals surface area contributed by atoms with Crippen LogP contribution >= 0.6 is 0 Å². The molecule has 2 spiro atoms. The number of ether oxygens (including phenoxy) is 2. The maximum absolute atomic E-state index is 8.71. The van der Waals surface area contributed by atoms with E-state index in [0.717, 1.165) is 5.75 Å². The summed E-state index contributed by atoms with van der Waals surface area (Å²) in [5.74, 6) is 0.926. The summed E-state index contributed by atoms with van der Waals surface area (Å²) in [5, 5.41) is 85.1. The van der Waals surface area contributed by atoms with Gasteiger partial charge >= 0.3 is 6.08 Å². The minimum Gasteiger partial charge on any atom is -0.430 e. The molecule has 3 heteroatoms. The molecule has 0 N–H and O–H groups in total. The van der Waals surface area contributed by atoms with Crippen molar-refractivity contribution in [2.24, 2.45) is 4.99 Å². The van der Waals surface area contributed by atoms with E-state index in [1.54, 1.807) is 248 Å². The van der Waals surface area contributed by atoms with Gasteiger partial charge in [0.15, 0.2) is 5.54 Å². The molecule has 1 aliphatic heterocycles. The summed E-state index contributed by atoms with van der Waals surface area (Å²) in [4.78, 5) is 6.67. The zero-order valence-electron chi connectivity index (χ0n) is 45.4. The highest BCUT2D eigenvalue weighted by Gasteiger charge is 2.75. The number of rotatable bonds is 1. The summed E-state index contributed by atoms with van der Waals surface area (Å²) in [7, 11) is 0. The van der Waals surface area contributed by atoms with E-state index in [1.807, 2.05) is 0 Å². The molecule has 0 saturated heterocycles. The van der Waals surface area contributed by atoms with Crippen LogP contribution < -0.4 is 4.74 Å². The van der Waals surface area contributed by atoms with Gasteiger partial charge in [0.1, 0.15) is 5.75 Å². The molecular formula is C79H29NO2. The Morgan fingerprint density at radius 2 is 0.463 bits per heavy atom. The van der Waals surface area contributed by atoms with Crippen LogP contribution in [0, 0.1) is 0 Å². The van der Waals surface area contributed by atoms with Crippen molar-refractivity contribution in [2.45, 2.75) is 89.7 Å². The van der Waals surface area contributed by atoms with Crippen molar-refractivity contribution in [3.63, 3.8) is 0 Å². The molecule has 1 heterocycles. The second-order valence-electron chi connectivity index (χ2n) is 32.4. The van der Waals surface area contributed by atoms with Crippen LogP contribution in [-0.4, -0.2) is 6.08 Å². The lowest BCUT2D eigenvalue weighted by molar-refractivity contribution is 0.0527. The van der Waals surface area contributed by atoms with Crippen LogP contribution in [0.2, 0.25) is 0 Å². The van der Waals surface area contributed by atoms with Crippen LogP contribution in [0.5, 0.6) is 5.75 Å². The van der Waals surface area contributed by atoms with Crippen LogP contribution in [0.15, 0.2) is 17.1 Å². The summed E-state index contributed by atoms with van der Waals surface area (Å²) in [6.45, 7) is 21.3. The smallest absolute Gasteiger partial charge is 0.391 e. The maximum atomic E-state index is 8.71. The maximum Gasteiger partial charge on any atom is 0.391 e. The normalized spacial score (nSPS) is 21.5. The topological polar surface area (TPSA) is 30.8 Å². The first-order valence-electron chi connectivity index (χ1n) is 30.7. The Hall–Kier alpha value is -9.05. The molecule has 0 radical (unpaired) electrons. The Bertz CT molecular complexity index is 7740. The van der Waals surface area contributed by atoms with Gasteiger partial charge in [-0.25, -0.2) is 0 Å². The third-order valence-electron chi connectivity index (χ3n) is 27.4. The zero-order chi connectivity index (χ0) is 51.4. The zero-order valence-corrected chi connectivity index (χ0v) is 45.4. The standard InChI is InChI=1S/C79H29NO2/c1-75(2,3)12-10-13(76(4,5)6)73(14(11-12)77(7,8)9)81-74-80-78-69-61-53-43-33-25-17-15-16-19-23-21(17)29-37-31(23)41-35-27(19)28-20(16)24-22-18(15)26(25)34-40-30(22)38-32(24)42-36(28)46-45(35)57-51(41)59-49(37)55(47(53)39(29)33)63(69)65(59)71-67(57)68-58(46)52(42)60-50(38)56-48(40)54(44(34)43)62(61)70(78)64(56)66(60)72(68)79(71,78)82-74/h10-11H,1-9H3. The van der Waals surface area contributed by atoms with Crippen LogP contribution in [0.3, 0.4) is 0 Å². The van der Waals surface area contributed by atoms with E-state index in [2.05, 4.69) is 74.4 Å². The lowest BCUT2D eigenvalue weighted by Gasteiger charge is -2.46. The summed E-state index contributed by atoms with van der Waals surface area (Å²) in [6.07, 6.45) is 0.453. The van der Waals surface area contributed by atoms with Gasteiger partial charge in [0.25, 0.3) is 0 Å². The van der Waals surface area contributed by atoms with E-state index in [9.17, 15) is 0 Å². The van der Waals surface area contributed by atoms with Crippen LogP contribution in [0.25, 0.3) is 291 Å². The summed E-state index contributed by atoms with van der Waals surface area (Å²) in [5.41, 5.74) is 7.12. The van der Waals surface area contributed by atoms with E-state index in [0.29, 0.717) is 6.08 Å². The molecule has 0 atom stereocenters. The predicted molar refractivity (Wildman–Crippen MR) is 346 cm³/mol. The molecule has 0 aromatic heterocycles. The number of benzene rings is 19. The van der Waals surface area contributed by atoms with Gasteiger partial charge in [-0.15, -0.1) is 0 Å². The number of hydrogen-bond acceptors (Lipinski definition) is 3. The van der Waals surface area contributed by atoms with Gasteiger partial charge < -0.3 is 9.47 Å². The lowest BCUT2D eigenvalue weighted by atomic mass is 9.60. The quantitative estimate of drug-likeness (QED) is 0.153. The third kappa shape index (κ3) is 2.05. The van der Waals surface area contributed by atoms with E-state index in [-0.39, 0.29) is 16.2 Å². The van der Waals surface area contributed by atoms with E-state index < -0.39 is 11.1 Å². The highest BCUT2D eigenvalue weighted by Crippen LogP contribution is 2.85. The Labute approximate surface area is 455 Å². The van der Waals surface area contributed by atoms with Crippen molar-refractivity contribution in [3.8, 4) is 5.75 Å². The fourth-order valence-electron chi connectivity index (χ4n) is 26.2. The number of aliphatic imine (C=N–C) groups is 1. The Morgan fingerprint density at radius 3 is 0.659 bits per heavy atom. The van der Waals surface area contributed by atoms with Crippen LogP contribution in [-0.2, 0) is 32.1 Å². The first kappa shape index (κ1) is 34.3.